The third kappa shape index (κ3) is 5.48. The molecule has 5 rings (SSSR count). The predicted octanol–water partition coefficient (Wildman–Crippen LogP) is 4.85. The maximum Gasteiger partial charge on any atom is 0.333 e. The molecule has 0 spiro atoms. The van der Waals surface area contributed by atoms with Crippen LogP contribution in [0.25, 0.3) is 0 Å². The number of carboxylic acid groups (broad SMARTS) is 1. The van der Waals surface area contributed by atoms with E-state index in [9.17, 15) is 13.2 Å². The van der Waals surface area contributed by atoms with Crippen molar-refractivity contribution in [3.8, 4) is 0 Å². The zero-order valence-electron chi connectivity index (χ0n) is 21.1. The number of anilines is 2. The first-order valence-electron chi connectivity index (χ1n) is 11.9. The average Bonchev–Trinajstić information content (AvgIpc) is 3.14. The monoisotopic (exact) mass is 527 g/mol. The van der Waals surface area contributed by atoms with E-state index >= 15 is 0 Å². The number of carbonyl (C=O) groups is 1. The molecule has 0 saturated carbocycles. The quantitative estimate of drug-likeness (QED) is 0.552. The average molecular weight is 528 g/mol. The topological polar surface area (TPSA) is 89.9 Å². The fourth-order valence-corrected chi connectivity index (χ4v) is 7.37. The van der Waals surface area contributed by atoms with Crippen LogP contribution >= 0.6 is 11.8 Å². The second kappa shape index (κ2) is 10.3. The number of sulfonamides is 1. The molecule has 0 aliphatic carbocycles. The van der Waals surface area contributed by atoms with Gasteiger partial charge in [-0.25, -0.2) is 13.2 Å². The van der Waals surface area contributed by atoms with Gasteiger partial charge in [0.05, 0.1) is 11.3 Å². The lowest BCUT2D eigenvalue weighted by Gasteiger charge is -2.27. The van der Waals surface area contributed by atoms with Crippen LogP contribution in [0.5, 0.6) is 0 Å². The SMILES string of the molecule is CC1=CNCC(C(=O)O)=C1.CSc1ccc2c(c1)N(c1ccccc1)CC1CC(C)(C)CN1S2(=O)=O. The number of aliphatic carboxylic acids is 1. The lowest BCUT2D eigenvalue weighted by atomic mass is 9.90. The fourth-order valence-electron chi connectivity index (χ4n) is 4.96. The number of fused-ring (bicyclic) bond motifs is 2. The highest BCUT2D eigenvalue weighted by Gasteiger charge is 2.47. The second-order valence-electron chi connectivity index (χ2n) is 10.1. The summed E-state index contributed by atoms with van der Waals surface area (Å²) in [6, 6.07) is 15.8. The molecule has 36 heavy (non-hydrogen) atoms. The smallest absolute Gasteiger partial charge is 0.333 e. The third-order valence-electron chi connectivity index (χ3n) is 6.58. The van der Waals surface area contributed by atoms with Gasteiger partial charge in [-0.05, 0) is 73.2 Å². The lowest BCUT2D eigenvalue weighted by molar-refractivity contribution is -0.132. The Bertz CT molecular complexity index is 1300. The van der Waals surface area contributed by atoms with Crippen LogP contribution in [0, 0.1) is 5.41 Å². The van der Waals surface area contributed by atoms with Gasteiger partial charge in [0.15, 0.2) is 0 Å². The van der Waals surface area contributed by atoms with Gasteiger partial charge < -0.3 is 15.3 Å². The second-order valence-corrected chi connectivity index (χ2v) is 12.8. The molecule has 3 heterocycles. The van der Waals surface area contributed by atoms with E-state index in [1.807, 2.05) is 43.5 Å². The molecule has 2 N–H and O–H groups in total. The highest BCUT2D eigenvalue weighted by atomic mass is 32.2. The largest absolute Gasteiger partial charge is 0.478 e. The Kier molecular flexibility index (Phi) is 7.54. The van der Waals surface area contributed by atoms with Crippen molar-refractivity contribution in [2.75, 3.05) is 30.8 Å². The van der Waals surface area contributed by atoms with Crippen molar-refractivity contribution in [2.45, 2.75) is 43.0 Å². The molecule has 0 bridgehead atoms. The van der Waals surface area contributed by atoms with E-state index in [4.69, 9.17) is 5.11 Å². The van der Waals surface area contributed by atoms with Crippen molar-refractivity contribution in [2.24, 2.45) is 5.41 Å². The van der Waals surface area contributed by atoms with Crippen molar-refractivity contribution in [3.05, 3.63) is 72.0 Å². The number of carboxylic acids is 1. The predicted molar refractivity (Wildman–Crippen MR) is 145 cm³/mol. The Balaban J connectivity index is 0.000000256. The van der Waals surface area contributed by atoms with Crippen LogP contribution in [-0.4, -0.2) is 55.7 Å². The van der Waals surface area contributed by atoms with Crippen LogP contribution in [0.1, 0.15) is 27.2 Å². The summed E-state index contributed by atoms with van der Waals surface area (Å²) in [6.07, 6.45) is 6.35. The zero-order chi connectivity index (χ0) is 26.1. The standard InChI is InChI=1S/C20H24N2O2S2.C7H9NO2/c1-20(2)12-16-13-21(15-7-5-4-6-8-15)18-11-17(25-3)9-10-19(18)26(23,24)22(16)14-20;1-5-2-6(7(9)10)4-8-3-5/h4-11,16H,12-14H2,1-3H3;2-3,8H,4H2,1H3,(H,9,10). The maximum absolute atomic E-state index is 13.5. The Morgan fingerprint density at radius 1 is 1.17 bits per heavy atom. The van der Waals surface area contributed by atoms with Crippen LogP contribution in [-0.2, 0) is 14.8 Å². The molecule has 2 aromatic rings. The molecule has 0 amide bonds. The van der Waals surface area contributed by atoms with E-state index in [0.717, 1.165) is 28.3 Å². The highest BCUT2D eigenvalue weighted by Crippen LogP contribution is 2.45. The molecule has 0 radical (unpaired) electrons. The molecular formula is C27H33N3O4S2. The molecule has 1 fully saturated rings. The van der Waals surface area contributed by atoms with Crippen molar-refractivity contribution >= 4 is 39.1 Å². The van der Waals surface area contributed by atoms with E-state index in [1.54, 1.807) is 34.4 Å². The molecule has 1 unspecified atom stereocenters. The third-order valence-corrected chi connectivity index (χ3v) is 9.25. The van der Waals surface area contributed by atoms with Gasteiger partial charge in [0.1, 0.15) is 4.90 Å². The normalized spacial score (nSPS) is 22.0. The molecule has 192 valence electrons. The minimum atomic E-state index is -3.51. The van der Waals surface area contributed by atoms with Gasteiger partial charge in [-0.1, -0.05) is 32.0 Å². The molecule has 9 heteroatoms. The van der Waals surface area contributed by atoms with Crippen molar-refractivity contribution in [1.82, 2.24) is 9.62 Å². The summed E-state index contributed by atoms with van der Waals surface area (Å²) < 4.78 is 28.7. The first kappa shape index (κ1) is 26.3. The molecular weight excluding hydrogens is 494 g/mol. The van der Waals surface area contributed by atoms with E-state index in [2.05, 4.69) is 36.2 Å². The van der Waals surface area contributed by atoms with Crippen LogP contribution in [0.15, 0.2) is 81.7 Å². The van der Waals surface area contributed by atoms with Gasteiger partial charge in [-0.3, -0.25) is 0 Å². The number of dihydropyridines is 1. The van der Waals surface area contributed by atoms with Gasteiger partial charge in [0.25, 0.3) is 0 Å². The number of benzene rings is 2. The van der Waals surface area contributed by atoms with Crippen LogP contribution in [0.4, 0.5) is 11.4 Å². The molecule has 1 atom stereocenters. The van der Waals surface area contributed by atoms with Gasteiger partial charge in [0.2, 0.25) is 10.0 Å². The lowest BCUT2D eigenvalue weighted by Crippen LogP contribution is -2.38. The minimum Gasteiger partial charge on any atom is -0.478 e. The molecule has 7 nitrogen and oxygen atoms in total. The number of allylic oxidation sites excluding steroid dienone is 2. The number of para-hydroxylation sites is 1. The Labute approximate surface area is 217 Å². The Hall–Kier alpha value is -2.75. The summed E-state index contributed by atoms with van der Waals surface area (Å²) in [7, 11) is -3.51. The van der Waals surface area contributed by atoms with Gasteiger partial charge >= 0.3 is 5.97 Å². The van der Waals surface area contributed by atoms with E-state index in [0.29, 0.717) is 30.1 Å². The van der Waals surface area contributed by atoms with Crippen molar-refractivity contribution in [1.29, 1.82) is 0 Å². The maximum atomic E-state index is 13.5. The summed E-state index contributed by atoms with van der Waals surface area (Å²) in [5.41, 5.74) is 3.18. The molecule has 2 aromatic carbocycles. The highest BCUT2D eigenvalue weighted by molar-refractivity contribution is 7.98. The number of nitrogens with zero attached hydrogens (tertiary/aromatic N) is 2. The van der Waals surface area contributed by atoms with Gasteiger partial charge in [-0.15, -0.1) is 11.8 Å². The van der Waals surface area contributed by atoms with Crippen molar-refractivity contribution < 1.29 is 18.3 Å². The summed E-state index contributed by atoms with van der Waals surface area (Å²) in [5.74, 6) is -0.847. The van der Waals surface area contributed by atoms with Crippen LogP contribution < -0.4 is 10.2 Å². The molecule has 1 saturated heterocycles. The fraction of sp³-hybridized carbons (Fsp3) is 0.370. The van der Waals surface area contributed by atoms with Gasteiger partial charge in [-0.2, -0.15) is 4.31 Å². The summed E-state index contributed by atoms with van der Waals surface area (Å²) in [5, 5.41) is 11.4. The van der Waals surface area contributed by atoms with Crippen molar-refractivity contribution in [3.63, 3.8) is 0 Å². The number of thioether (sulfide) groups is 1. The Morgan fingerprint density at radius 3 is 2.50 bits per heavy atom. The zero-order valence-corrected chi connectivity index (χ0v) is 22.7. The summed E-state index contributed by atoms with van der Waals surface area (Å²) >= 11 is 1.63. The first-order chi connectivity index (χ1) is 17.0. The van der Waals surface area contributed by atoms with Gasteiger partial charge in [0, 0.05) is 36.3 Å². The first-order valence-corrected chi connectivity index (χ1v) is 14.5. The van der Waals surface area contributed by atoms with E-state index < -0.39 is 16.0 Å². The number of nitrogens with one attached hydrogen (secondary N) is 1. The molecule has 0 aromatic heterocycles. The number of hydrogen-bond acceptors (Lipinski definition) is 6. The van der Waals surface area contributed by atoms with E-state index in [1.165, 1.54) is 0 Å². The van der Waals surface area contributed by atoms with Crippen LogP contribution in [0.2, 0.25) is 0 Å². The molecule has 3 aliphatic heterocycles. The number of rotatable bonds is 3. The van der Waals surface area contributed by atoms with Crippen LogP contribution in [0.3, 0.4) is 0 Å². The number of hydrogen-bond donors (Lipinski definition) is 2. The molecule has 3 aliphatic rings. The summed E-state index contributed by atoms with van der Waals surface area (Å²) in [6.45, 7) is 7.84. The Morgan fingerprint density at radius 2 is 1.89 bits per heavy atom. The minimum absolute atomic E-state index is 0.00317. The van der Waals surface area contributed by atoms with E-state index in [-0.39, 0.29) is 11.5 Å². The summed E-state index contributed by atoms with van der Waals surface area (Å²) in [4.78, 5) is 14.0.